The predicted octanol–water partition coefficient (Wildman–Crippen LogP) is 1.60. The lowest BCUT2D eigenvalue weighted by Crippen LogP contribution is -2.31. The van der Waals surface area contributed by atoms with Crippen molar-refractivity contribution in [3.8, 4) is 0 Å². The number of benzene rings is 1. The summed E-state index contributed by atoms with van der Waals surface area (Å²) in [5.74, 6) is 0.00861. The number of nitrogens with one attached hydrogen (secondary N) is 1. The molecule has 1 fully saturated rings. The van der Waals surface area contributed by atoms with Crippen molar-refractivity contribution in [1.82, 2.24) is 5.32 Å². The van der Waals surface area contributed by atoms with E-state index in [1.54, 1.807) is 4.90 Å². The Labute approximate surface area is 94.1 Å². The molecule has 1 atom stereocenters. The Kier molecular flexibility index (Phi) is 2.44. The molecule has 0 aliphatic carbocycles. The Morgan fingerprint density at radius 1 is 1.40 bits per heavy atom. The van der Waals surface area contributed by atoms with Gasteiger partial charge in [-0.1, -0.05) is 18.2 Å². The fraction of sp³-hybridized carbons (Fsp3) is 0.273. The van der Waals surface area contributed by atoms with Crippen molar-refractivity contribution in [3.63, 3.8) is 0 Å². The van der Waals surface area contributed by atoms with Crippen LogP contribution in [-0.2, 0) is 4.79 Å². The van der Waals surface area contributed by atoms with Gasteiger partial charge < -0.3 is 5.32 Å². The van der Waals surface area contributed by atoms with Crippen molar-refractivity contribution < 1.29 is 4.79 Å². The van der Waals surface area contributed by atoms with Crippen LogP contribution >= 0.6 is 12.2 Å². The van der Waals surface area contributed by atoms with Gasteiger partial charge >= 0.3 is 0 Å². The summed E-state index contributed by atoms with van der Waals surface area (Å²) >= 11 is 5.13. The third-order valence-corrected chi connectivity index (χ3v) is 2.79. The van der Waals surface area contributed by atoms with E-state index in [1.807, 2.05) is 38.1 Å². The van der Waals surface area contributed by atoms with Crippen LogP contribution in [0.1, 0.15) is 12.5 Å². The normalized spacial score (nSPS) is 20.7. The summed E-state index contributed by atoms with van der Waals surface area (Å²) in [4.78, 5) is 13.4. The SMILES string of the molecule is Cc1ccccc1N1C(=O)[C@H](C)NC1=S. The first kappa shape index (κ1) is 10.1. The highest BCUT2D eigenvalue weighted by Crippen LogP contribution is 2.23. The summed E-state index contributed by atoms with van der Waals surface area (Å²) in [5.41, 5.74) is 1.91. The number of anilines is 1. The monoisotopic (exact) mass is 220 g/mol. The lowest BCUT2D eigenvalue weighted by atomic mass is 10.2. The van der Waals surface area contributed by atoms with Gasteiger partial charge in [-0.2, -0.15) is 0 Å². The third kappa shape index (κ3) is 1.61. The number of hydrogen-bond donors (Lipinski definition) is 1. The molecule has 1 N–H and O–H groups in total. The summed E-state index contributed by atoms with van der Waals surface area (Å²) in [6.45, 7) is 3.78. The van der Waals surface area contributed by atoms with Crippen LogP contribution in [0.15, 0.2) is 24.3 Å². The molecule has 3 nitrogen and oxygen atoms in total. The highest BCUT2D eigenvalue weighted by atomic mass is 32.1. The fourth-order valence-electron chi connectivity index (χ4n) is 1.65. The highest BCUT2D eigenvalue weighted by Gasteiger charge is 2.33. The number of hydrogen-bond acceptors (Lipinski definition) is 2. The zero-order valence-electron chi connectivity index (χ0n) is 8.65. The number of thiocarbonyl (C=S) groups is 1. The van der Waals surface area contributed by atoms with Gasteiger partial charge in [0.25, 0.3) is 5.91 Å². The molecule has 4 heteroatoms. The Hall–Kier alpha value is -1.42. The number of carbonyl (C=O) groups excluding carboxylic acids is 1. The fourth-order valence-corrected chi connectivity index (χ4v) is 2.01. The Morgan fingerprint density at radius 2 is 2.07 bits per heavy atom. The molecule has 1 aromatic carbocycles. The second-order valence-electron chi connectivity index (χ2n) is 3.63. The topological polar surface area (TPSA) is 32.3 Å². The quantitative estimate of drug-likeness (QED) is 0.730. The minimum Gasteiger partial charge on any atom is -0.350 e. The molecule has 1 aromatic rings. The zero-order chi connectivity index (χ0) is 11.0. The minimum absolute atomic E-state index is 0.00861. The van der Waals surface area contributed by atoms with Gasteiger partial charge in [-0.25, -0.2) is 0 Å². The van der Waals surface area contributed by atoms with E-state index in [0.29, 0.717) is 5.11 Å². The summed E-state index contributed by atoms with van der Waals surface area (Å²) < 4.78 is 0. The molecule has 0 unspecified atom stereocenters. The summed E-state index contributed by atoms with van der Waals surface area (Å²) in [7, 11) is 0. The summed E-state index contributed by atoms with van der Waals surface area (Å²) in [6.07, 6.45) is 0. The average Bonchev–Trinajstić information content (AvgIpc) is 2.43. The van der Waals surface area contributed by atoms with E-state index in [2.05, 4.69) is 5.32 Å². The van der Waals surface area contributed by atoms with Gasteiger partial charge in [0.2, 0.25) is 0 Å². The van der Waals surface area contributed by atoms with Crippen LogP contribution in [0, 0.1) is 6.92 Å². The number of amides is 1. The van der Waals surface area contributed by atoms with Gasteiger partial charge in [-0.3, -0.25) is 9.69 Å². The molecule has 1 saturated heterocycles. The number of rotatable bonds is 1. The van der Waals surface area contributed by atoms with Gasteiger partial charge in [-0.05, 0) is 37.7 Å². The van der Waals surface area contributed by atoms with Gasteiger partial charge in [0.05, 0.1) is 5.69 Å². The maximum Gasteiger partial charge on any atom is 0.255 e. The third-order valence-electron chi connectivity index (χ3n) is 2.49. The number of aryl methyl sites for hydroxylation is 1. The Morgan fingerprint density at radius 3 is 2.60 bits per heavy atom. The molecule has 1 amide bonds. The Balaban J connectivity index is 2.44. The molecule has 1 heterocycles. The van der Waals surface area contributed by atoms with Crippen LogP contribution in [0.25, 0.3) is 0 Å². The smallest absolute Gasteiger partial charge is 0.255 e. The van der Waals surface area contributed by atoms with E-state index in [-0.39, 0.29) is 11.9 Å². The first-order valence-corrected chi connectivity index (χ1v) is 5.22. The van der Waals surface area contributed by atoms with Crippen LogP contribution in [0.5, 0.6) is 0 Å². The van der Waals surface area contributed by atoms with Crippen molar-refractivity contribution in [2.75, 3.05) is 4.90 Å². The second-order valence-corrected chi connectivity index (χ2v) is 4.02. The first-order chi connectivity index (χ1) is 7.11. The average molecular weight is 220 g/mol. The molecule has 0 radical (unpaired) electrons. The molecule has 0 spiro atoms. The van der Waals surface area contributed by atoms with Crippen LogP contribution in [0.3, 0.4) is 0 Å². The van der Waals surface area contributed by atoms with E-state index < -0.39 is 0 Å². The van der Waals surface area contributed by atoms with E-state index in [0.717, 1.165) is 11.3 Å². The van der Waals surface area contributed by atoms with Crippen molar-refractivity contribution in [2.45, 2.75) is 19.9 Å². The van der Waals surface area contributed by atoms with E-state index >= 15 is 0 Å². The first-order valence-electron chi connectivity index (χ1n) is 4.81. The number of nitrogens with zero attached hydrogens (tertiary/aromatic N) is 1. The molecular formula is C11H12N2OS. The van der Waals surface area contributed by atoms with Crippen molar-refractivity contribution >= 4 is 28.9 Å². The van der Waals surface area contributed by atoms with Crippen molar-refractivity contribution in [1.29, 1.82) is 0 Å². The zero-order valence-corrected chi connectivity index (χ0v) is 9.47. The predicted molar refractivity (Wildman–Crippen MR) is 63.9 cm³/mol. The molecule has 0 bridgehead atoms. The largest absolute Gasteiger partial charge is 0.350 e. The lowest BCUT2D eigenvalue weighted by Gasteiger charge is -2.16. The molecule has 2 rings (SSSR count). The van der Waals surface area contributed by atoms with Crippen molar-refractivity contribution in [2.24, 2.45) is 0 Å². The summed E-state index contributed by atoms with van der Waals surface area (Å²) in [5, 5.41) is 3.44. The molecular weight excluding hydrogens is 208 g/mol. The van der Waals surface area contributed by atoms with Crippen LogP contribution in [0.4, 0.5) is 5.69 Å². The van der Waals surface area contributed by atoms with E-state index in [1.165, 1.54) is 0 Å². The van der Waals surface area contributed by atoms with Gasteiger partial charge in [-0.15, -0.1) is 0 Å². The van der Waals surface area contributed by atoms with Crippen molar-refractivity contribution in [3.05, 3.63) is 29.8 Å². The van der Waals surface area contributed by atoms with Crippen LogP contribution < -0.4 is 10.2 Å². The lowest BCUT2D eigenvalue weighted by molar-refractivity contribution is -0.117. The molecule has 78 valence electrons. The standard InChI is InChI=1S/C11H12N2OS/c1-7-5-3-4-6-9(7)13-10(14)8(2)12-11(13)15/h3-6,8H,1-2H3,(H,12,15)/t8-/m0/s1. The maximum atomic E-state index is 11.8. The molecule has 1 aliphatic heterocycles. The highest BCUT2D eigenvalue weighted by molar-refractivity contribution is 7.80. The van der Waals surface area contributed by atoms with Crippen LogP contribution in [-0.4, -0.2) is 17.1 Å². The van der Waals surface area contributed by atoms with Crippen LogP contribution in [0.2, 0.25) is 0 Å². The van der Waals surface area contributed by atoms with Gasteiger partial charge in [0.1, 0.15) is 6.04 Å². The Bertz CT molecular complexity index is 430. The molecule has 15 heavy (non-hydrogen) atoms. The van der Waals surface area contributed by atoms with Gasteiger partial charge in [0.15, 0.2) is 5.11 Å². The van der Waals surface area contributed by atoms with E-state index in [9.17, 15) is 4.79 Å². The van der Waals surface area contributed by atoms with E-state index in [4.69, 9.17) is 12.2 Å². The minimum atomic E-state index is -0.225. The molecule has 0 aromatic heterocycles. The second kappa shape index (κ2) is 3.62. The number of para-hydroxylation sites is 1. The number of carbonyl (C=O) groups is 1. The maximum absolute atomic E-state index is 11.8. The molecule has 0 saturated carbocycles. The van der Waals surface area contributed by atoms with Gasteiger partial charge in [0, 0.05) is 0 Å². The summed E-state index contributed by atoms with van der Waals surface area (Å²) in [6, 6.07) is 7.49. The molecule has 1 aliphatic rings.